The summed E-state index contributed by atoms with van der Waals surface area (Å²) in [7, 11) is 1.75. The Balaban J connectivity index is 1.68. The summed E-state index contributed by atoms with van der Waals surface area (Å²) in [5.41, 5.74) is 0.779. The fourth-order valence-electron chi connectivity index (χ4n) is 2.99. The Morgan fingerprint density at radius 2 is 2.32 bits per heavy atom. The van der Waals surface area contributed by atoms with Crippen LogP contribution in [0.5, 0.6) is 0 Å². The SMILES string of the molecule is COC1CCC(Nc2nc3c(s2)CCC3C(=O)O)C1. The van der Waals surface area contributed by atoms with Gasteiger partial charge in [0.25, 0.3) is 0 Å². The summed E-state index contributed by atoms with van der Waals surface area (Å²) < 4.78 is 5.35. The minimum absolute atomic E-state index is 0.344. The lowest BCUT2D eigenvalue weighted by Crippen LogP contribution is -2.17. The molecule has 1 fully saturated rings. The standard InChI is InChI=1S/C13H18N2O3S/c1-18-8-3-2-7(6-8)14-13-15-11-9(12(16)17)4-5-10(11)19-13/h7-9H,2-6H2,1H3,(H,14,15)(H,16,17). The molecule has 0 aliphatic heterocycles. The maximum absolute atomic E-state index is 11.1. The number of carboxylic acid groups (broad SMARTS) is 1. The van der Waals surface area contributed by atoms with E-state index in [1.807, 2.05) is 0 Å². The Kier molecular flexibility index (Phi) is 3.45. The number of methoxy groups -OCH3 is 1. The summed E-state index contributed by atoms with van der Waals surface area (Å²) in [4.78, 5) is 16.8. The molecule has 6 heteroatoms. The number of carbonyl (C=O) groups is 1. The van der Waals surface area contributed by atoms with Gasteiger partial charge in [-0.05, 0) is 32.1 Å². The Bertz CT molecular complexity index is 488. The van der Waals surface area contributed by atoms with Crippen LogP contribution in [0.4, 0.5) is 5.13 Å². The lowest BCUT2D eigenvalue weighted by atomic mass is 10.1. The first kappa shape index (κ1) is 12.9. The van der Waals surface area contributed by atoms with Gasteiger partial charge in [-0.2, -0.15) is 0 Å². The van der Waals surface area contributed by atoms with E-state index in [0.29, 0.717) is 18.6 Å². The van der Waals surface area contributed by atoms with E-state index < -0.39 is 11.9 Å². The van der Waals surface area contributed by atoms with Crippen LogP contribution in [0.2, 0.25) is 0 Å². The van der Waals surface area contributed by atoms with Crippen molar-refractivity contribution >= 4 is 22.4 Å². The van der Waals surface area contributed by atoms with Gasteiger partial charge in [0.15, 0.2) is 5.13 Å². The van der Waals surface area contributed by atoms with Crippen molar-refractivity contribution in [3.63, 3.8) is 0 Å². The average Bonchev–Trinajstić information content (AvgIpc) is 3.03. The molecule has 104 valence electrons. The first-order valence-corrected chi connectivity index (χ1v) is 7.50. The predicted octanol–water partition coefficient (Wildman–Crippen LogP) is 2.24. The van der Waals surface area contributed by atoms with Crippen LogP contribution in [0.15, 0.2) is 0 Å². The normalized spacial score (nSPS) is 29.4. The molecule has 1 aromatic rings. The zero-order valence-corrected chi connectivity index (χ0v) is 11.7. The highest BCUT2D eigenvalue weighted by Gasteiger charge is 2.33. The third kappa shape index (κ3) is 2.47. The van der Waals surface area contributed by atoms with Gasteiger partial charge in [0.2, 0.25) is 0 Å². The number of fused-ring (bicyclic) bond motifs is 1. The summed E-state index contributed by atoms with van der Waals surface area (Å²) in [6.45, 7) is 0. The number of thiazole rings is 1. The molecule has 0 radical (unpaired) electrons. The third-order valence-corrected chi connectivity index (χ3v) is 5.12. The molecule has 1 aromatic heterocycles. The van der Waals surface area contributed by atoms with Gasteiger partial charge in [-0.1, -0.05) is 0 Å². The van der Waals surface area contributed by atoms with Gasteiger partial charge in [0.05, 0.1) is 11.8 Å². The number of anilines is 1. The minimum Gasteiger partial charge on any atom is -0.481 e. The van der Waals surface area contributed by atoms with Crippen molar-refractivity contribution in [2.24, 2.45) is 0 Å². The molecule has 0 aromatic carbocycles. The molecule has 3 atom stereocenters. The maximum Gasteiger partial charge on any atom is 0.312 e. The van der Waals surface area contributed by atoms with Gasteiger partial charge in [-0.3, -0.25) is 4.79 Å². The van der Waals surface area contributed by atoms with E-state index in [1.165, 1.54) is 0 Å². The molecular formula is C13H18N2O3S. The molecule has 1 heterocycles. The Labute approximate surface area is 116 Å². The molecule has 3 rings (SSSR count). The lowest BCUT2D eigenvalue weighted by Gasteiger charge is -2.11. The van der Waals surface area contributed by atoms with E-state index in [4.69, 9.17) is 9.84 Å². The first-order valence-electron chi connectivity index (χ1n) is 6.69. The van der Waals surface area contributed by atoms with Gasteiger partial charge in [-0.15, -0.1) is 11.3 Å². The molecule has 3 unspecified atom stereocenters. The molecule has 0 bridgehead atoms. The van der Waals surface area contributed by atoms with Crippen molar-refractivity contribution in [2.45, 2.75) is 50.2 Å². The highest BCUT2D eigenvalue weighted by atomic mass is 32.1. The summed E-state index contributed by atoms with van der Waals surface area (Å²) in [6, 6.07) is 0.402. The van der Waals surface area contributed by atoms with Crippen LogP contribution in [0, 0.1) is 0 Å². The van der Waals surface area contributed by atoms with Crippen LogP contribution < -0.4 is 5.32 Å². The van der Waals surface area contributed by atoms with Crippen molar-refractivity contribution in [2.75, 3.05) is 12.4 Å². The van der Waals surface area contributed by atoms with Crippen molar-refractivity contribution in [1.82, 2.24) is 4.98 Å². The Hall–Kier alpha value is -1.14. The number of aromatic nitrogens is 1. The zero-order valence-electron chi connectivity index (χ0n) is 10.9. The van der Waals surface area contributed by atoms with Gasteiger partial charge in [-0.25, -0.2) is 4.98 Å². The zero-order chi connectivity index (χ0) is 13.4. The van der Waals surface area contributed by atoms with Crippen LogP contribution in [-0.4, -0.2) is 35.3 Å². The van der Waals surface area contributed by atoms with E-state index >= 15 is 0 Å². The summed E-state index contributed by atoms with van der Waals surface area (Å²) in [5, 5.41) is 13.4. The number of nitrogens with zero attached hydrogens (tertiary/aromatic N) is 1. The second kappa shape index (κ2) is 5.09. The average molecular weight is 282 g/mol. The molecule has 0 spiro atoms. The number of aliphatic carboxylic acids is 1. The first-order chi connectivity index (χ1) is 9.17. The van der Waals surface area contributed by atoms with Crippen LogP contribution in [-0.2, 0) is 16.0 Å². The molecule has 0 saturated heterocycles. The number of aryl methyl sites for hydroxylation is 1. The molecule has 2 aliphatic rings. The van der Waals surface area contributed by atoms with Crippen molar-refractivity contribution < 1.29 is 14.6 Å². The quantitative estimate of drug-likeness (QED) is 0.886. The molecule has 2 aliphatic carbocycles. The van der Waals surface area contributed by atoms with E-state index in [9.17, 15) is 4.79 Å². The Morgan fingerprint density at radius 3 is 3.00 bits per heavy atom. The smallest absolute Gasteiger partial charge is 0.312 e. The van der Waals surface area contributed by atoms with Crippen LogP contribution in [0.3, 0.4) is 0 Å². The molecule has 1 saturated carbocycles. The number of ether oxygens (including phenoxy) is 1. The highest BCUT2D eigenvalue weighted by molar-refractivity contribution is 7.15. The van der Waals surface area contributed by atoms with Gasteiger partial charge < -0.3 is 15.2 Å². The number of hydrogen-bond acceptors (Lipinski definition) is 5. The predicted molar refractivity (Wildman–Crippen MR) is 72.9 cm³/mol. The maximum atomic E-state index is 11.1. The molecule has 19 heavy (non-hydrogen) atoms. The summed E-state index contributed by atoms with van der Waals surface area (Å²) in [6.07, 6.45) is 5.05. The Morgan fingerprint density at radius 1 is 1.47 bits per heavy atom. The summed E-state index contributed by atoms with van der Waals surface area (Å²) in [5.74, 6) is -1.16. The van der Waals surface area contributed by atoms with Crippen molar-refractivity contribution in [1.29, 1.82) is 0 Å². The number of nitrogens with one attached hydrogen (secondary N) is 1. The van der Waals surface area contributed by atoms with Crippen LogP contribution in [0.1, 0.15) is 42.2 Å². The van der Waals surface area contributed by atoms with Gasteiger partial charge in [0.1, 0.15) is 5.92 Å². The molecule has 2 N–H and O–H groups in total. The van der Waals surface area contributed by atoms with Crippen molar-refractivity contribution in [3.05, 3.63) is 10.6 Å². The van der Waals surface area contributed by atoms with E-state index in [2.05, 4.69) is 10.3 Å². The molecular weight excluding hydrogens is 264 g/mol. The van der Waals surface area contributed by atoms with E-state index in [0.717, 1.165) is 41.4 Å². The van der Waals surface area contributed by atoms with Crippen LogP contribution in [0.25, 0.3) is 0 Å². The number of hydrogen-bond donors (Lipinski definition) is 2. The highest BCUT2D eigenvalue weighted by Crippen LogP contribution is 2.39. The fraction of sp³-hybridized carbons (Fsp3) is 0.692. The second-order valence-electron chi connectivity index (χ2n) is 5.27. The van der Waals surface area contributed by atoms with Crippen LogP contribution >= 0.6 is 11.3 Å². The topological polar surface area (TPSA) is 71.5 Å². The molecule has 5 nitrogen and oxygen atoms in total. The minimum atomic E-state index is -0.754. The fourth-order valence-corrected chi connectivity index (χ4v) is 4.10. The number of rotatable bonds is 4. The lowest BCUT2D eigenvalue weighted by molar-refractivity contribution is -0.138. The van der Waals surface area contributed by atoms with E-state index in [1.54, 1.807) is 18.4 Å². The number of carboxylic acids is 1. The van der Waals surface area contributed by atoms with E-state index in [-0.39, 0.29) is 0 Å². The monoisotopic (exact) mass is 282 g/mol. The largest absolute Gasteiger partial charge is 0.481 e. The third-order valence-electron chi connectivity index (χ3n) is 4.06. The molecule has 0 amide bonds. The summed E-state index contributed by atoms with van der Waals surface area (Å²) >= 11 is 1.61. The van der Waals surface area contributed by atoms with Gasteiger partial charge >= 0.3 is 5.97 Å². The van der Waals surface area contributed by atoms with Crippen molar-refractivity contribution in [3.8, 4) is 0 Å². The second-order valence-corrected chi connectivity index (χ2v) is 6.35. The van der Waals surface area contributed by atoms with Gasteiger partial charge in [0, 0.05) is 18.0 Å².